The summed E-state index contributed by atoms with van der Waals surface area (Å²) in [6.07, 6.45) is 3.58. The quantitative estimate of drug-likeness (QED) is 0.559. The lowest BCUT2D eigenvalue weighted by Gasteiger charge is -2.26. The fraction of sp³-hybridized carbons (Fsp3) is 0.286. The number of aliphatic hydroxyl groups is 1. The van der Waals surface area contributed by atoms with Gasteiger partial charge in [-0.25, -0.2) is 4.98 Å². The normalized spacial score (nSPS) is 16.2. The van der Waals surface area contributed by atoms with Crippen molar-refractivity contribution in [3.8, 4) is 11.3 Å². The largest absolute Gasteiger partial charge is 0.394 e. The maximum Gasteiger partial charge on any atom is 0.275 e. The van der Waals surface area contributed by atoms with E-state index in [-0.39, 0.29) is 17.7 Å². The summed E-state index contributed by atoms with van der Waals surface area (Å²) in [6.45, 7) is -0.0517. The third-order valence-corrected chi connectivity index (χ3v) is 7.08. The van der Waals surface area contributed by atoms with Gasteiger partial charge in [0.25, 0.3) is 11.1 Å². The van der Waals surface area contributed by atoms with Crippen LogP contribution in [-0.2, 0) is 5.54 Å². The molecule has 142 valence electrons. The van der Waals surface area contributed by atoms with Gasteiger partial charge in [-0.1, -0.05) is 48.6 Å². The maximum absolute atomic E-state index is 13.1. The number of hydrogen-bond donors (Lipinski definition) is 2. The molecule has 2 aromatic carbocycles. The molecule has 4 aromatic rings. The molecule has 0 saturated heterocycles. The van der Waals surface area contributed by atoms with Crippen molar-refractivity contribution in [2.45, 2.75) is 31.2 Å². The monoisotopic (exact) mass is 393 g/mol. The van der Waals surface area contributed by atoms with Crippen LogP contribution in [0.3, 0.4) is 0 Å². The Balaban J connectivity index is 1.78. The van der Waals surface area contributed by atoms with Gasteiger partial charge < -0.3 is 10.1 Å². The van der Waals surface area contributed by atoms with Crippen molar-refractivity contribution in [3.63, 3.8) is 0 Å². The van der Waals surface area contributed by atoms with Gasteiger partial charge in [0.15, 0.2) is 0 Å². The summed E-state index contributed by atoms with van der Waals surface area (Å²) in [5.41, 5.74) is 1.43. The van der Waals surface area contributed by atoms with Crippen LogP contribution >= 0.6 is 11.5 Å². The van der Waals surface area contributed by atoms with E-state index >= 15 is 0 Å². The molecular weight excluding hydrogens is 374 g/mol. The second-order valence-corrected chi connectivity index (χ2v) is 8.35. The maximum atomic E-state index is 13.1. The zero-order chi connectivity index (χ0) is 19.3. The Morgan fingerprint density at radius 2 is 1.89 bits per heavy atom. The van der Waals surface area contributed by atoms with Gasteiger partial charge in [-0.05, 0) is 31.0 Å². The number of fused-ring (bicyclic) bond motifs is 2. The summed E-state index contributed by atoms with van der Waals surface area (Å²) in [4.78, 5) is 33.3. The highest BCUT2D eigenvalue weighted by molar-refractivity contribution is 7.14. The molecule has 6 nitrogen and oxygen atoms in total. The minimum Gasteiger partial charge on any atom is -0.394 e. The van der Waals surface area contributed by atoms with Crippen LogP contribution in [-0.4, -0.2) is 25.6 Å². The summed E-state index contributed by atoms with van der Waals surface area (Å²) in [7, 11) is 0. The molecule has 0 aliphatic heterocycles. The predicted octanol–water partition coefficient (Wildman–Crippen LogP) is 3.23. The Morgan fingerprint density at radius 1 is 1.11 bits per heavy atom. The first-order valence-electron chi connectivity index (χ1n) is 9.39. The molecule has 2 N–H and O–H groups in total. The number of aromatic nitrogens is 3. The Bertz CT molecular complexity index is 1310. The Labute approximate surface area is 164 Å². The first kappa shape index (κ1) is 17.3. The minimum absolute atomic E-state index is 0.0517. The van der Waals surface area contributed by atoms with Gasteiger partial charge in [-0.3, -0.25) is 13.5 Å². The summed E-state index contributed by atoms with van der Waals surface area (Å²) < 4.78 is 2.46. The van der Waals surface area contributed by atoms with Gasteiger partial charge in [0, 0.05) is 5.56 Å². The van der Waals surface area contributed by atoms with E-state index < -0.39 is 5.54 Å². The molecule has 2 heterocycles. The zero-order valence-corrected chi connectivity index (χ0v) is 16.0. The number of para-hydroxylation sites is 2. The Hall–Kier alpha value is -2.77. The van der Waals surface area contributed by atoms with Gasteiger partial charge >= 0.3 is 0 Å². The standard InChI is InChI=1S/C21H19N3O3S/c25-12-21(10-3-4-11-21)24-20(27)14-7-5-6-13(18(14)28-24)17-19(26)23-16-9-2-1-8-15(16)22-17/h1-2,5-9,25H,3-4,10-12H2,(H,23,26). The fourth-order valence-electron chi connectivity index (χ4n) is 4.22. The second kappa shape index (κ2) is 6.39. The van der Waals surface area contributed by atoms with Crippen LogP contribution in [0.4, 0.5) is 0 Å². The number of aromatic amines is 1. The van der Waals surface area contributed by atoms with E-state index in [1.54, 1.807) is 16.1 Å². The minimum atomic E-state index is -0.527. The van der Waals surface area contributed by atoms with Crippen molar-refractivity contribution < 1.29 is 5.11 Å². The van der Waals surface area contributed by atoms with E-state index in [4.69, 9.17) is 0 Å². The van der Waals surface area contributed by atoms with Crippen LogP contribution in [0.5, 0.6) is 0 Å². The number of nitrogens with zero attached hydrogens (tertiary/aromatic N) is 2. The molecule has 0 spiro atoms. The van der Waals surface area contributed by atoms with Gasteiger partial charge in [0.1, 0.15) is 5.69 Å². The average molecular weight is 393 g/mol. The molecule has 28 heavy (non-hydrogen) atoms. The van der Waals surface area contributed by atoms with Crippen LogP contribution < -0.4 is 11.1 Å². The van der Waals surface area contributed by atoms with Crippen LogP contribution in [0.2, 0.25) is 0 Å². The van der Waals surface area contributed by atoms with Gasteiger partial charge in [-0.15, -0.1) is 0 Å². The number of H-pyrrole nitrogens is 1. The molecule has 7 heteroatoms. The fourth-order valence-corrected chi connectivity index (χ4v) is 5.53. The summed E-state index contributed by atoms with van der Waals surface area (Å²) in [5.74, 6) is 0. The van der Waals surface area contributed by atoms with Crippen LogP contribution in [0, 0.1) is 0 Å². The lowest BCUT2D eigenvalue weighted by molar-refractivity contribution is 0.144. The van der Waals surface area contributed by atoms with E-state index in [0.29, 0.717) is 27.7 Å². The van der Waals surface area contributed by atoms with E-state index in [1.807, 2.05) is 30.3 Å². The summed E-state index contributed by atoms with van der Waals surface area (Å²) in [6, 6.07) is 12.8. The molecule has 1 aliphatic carbocycles. The Kier molecular flexibility index (Phi) is 3.96. The molecule has 1 aliphatic rings. The molecule has 0 amide bonds. The molecule has 0 unspecified atom stereocenters. The van der Waals surface area contributed by atoms with Crippen molar-refractivity contribution in [3.05, 3.63) is 63.2 Å². The molecule has 1 saturated carbocycles. The first-order chi connectivity index (χ1) is 13.6. The SMILES string of the molecule is O=c1[nH]c2ccccc2nc1-c1cccc2c(=O)n(C3(CO)CCCC3)sc12. The van der Waals surface area contributed by atoms with Crippen LogP contribution in [0.25, 0.3) is 32.4 Å². The third kappa shape index (κ3) is 2.47. The second-order valence-electron chi connectivity index (χ2n) is 7.39. The van der Waals surface area contributed by atoms with E-state index in [9.17, 15) is 14.7 Å². The number of aliphatic hydroxyl groups excluding tert-OH is 1. The van der Waals surface area contributed by atoms with E-state index in [2.05, 4.69) is 9.97 Å². The lowest BCUT2D eigenvalue weighted by atomic mass is 10.00. The van der Waals surface area contributed by atoms with Gasteiger partial charge in [-0.2, -0.15) is 0 Å². The van der Waals surface area contributed by atoms with E-state index in [0.717, 1.165) is 30.4 Å². The lowest BCUT2D eigenvalue weighted by Crippen LogP contribution is -2.38. The van der Waals surface area contributed by atoms with Crippen LogP contribution in [0.15, 0.2) is 52.1 Å². The van der Waals surface area contributed by atoms with Crippen molar-refractivity contribution in [2.75, 3.05) is 6.61 Å². The third-order valence-electron chi connectivity index (χ3n) is 5.73. The predicted molar refractivity (Wildman–Crippen MR) is 111 cm³/mol. The van der Waals surface area contributed by atoms with Crippen molar-refractivity contribution in [1.82, 2.24) is 13.9 Å². The molecule has 2 aromatic heterocycles. The molecule has 0 radical (unpaired) electrons. The number of rotatable bonds is 3. The number of nitrogens with one attached hydrogen (secondary N) is 1. The smallest absolute Gasteiger partial charge is 0.275 e. The highest BCUT2D eigenvalue weighted by atomic mass is 32.1. The first-order valence-corrected chi connectivity index (χ1v) is 10.2. The van der Waals surface area contributed by atoms with Crippen molar-refractivity contribution in [2.24, 2.45) is 0 Å². The number of benzene rings is 2. The molecule has 1 fully saturated rings. The topological polar surface area (TPSA) is 88.0 Å². The van der Waals surface area contributed by atoms with Crippen molar-refractivity contribution >= 4 is 32.7 Å². The average Bonchev–Trinajstić information content (AvgIpc) is 3.33. The number of hydrogen-bond acceptors (Lipinski definition) is 5. The van der Waals surface area contributed by atoms with Crippen LogP contribution in [0.1, 0.15) is 25.7 Å². The zero-order valence-electron chi connectivity index (χ0n) is 15.1. The molecule has 0 bridgehead atoms. The summed E-state index contributed by atoms with van der Waals surface area (Å²) in [5, 5.41) is 10.6. The van der Waals surface area contributed by atoms with Crippen molar-refractivity contribution in [1.29, 1.82) is 0 Å². The summed E-state index contributed by atoms with van der Waals surface area (Å²) >= 11 is 1.33. The van der Waals surface area contributed by atoms with E-state index in [1.165, 1.54) is 11.5 Å². The molecule has 5 rings (SSSR count). The molecule has 0 atom stereocenters. The van der Waals surface area contributed by atoms with Gasteiger partial charge in [0.2, 0.25) is 0 Å². The van der Waals surface area contributed by atoms with Gasteiger partial charge in [0.05, 0.1) is 33.3 Å². The Morgan fingerprint density at radius 3 is 2.68 bits per heavy atom. The molecular formula is C21H19N3O3S. The highest BCUT2D eigenvalue weighted by Crippen LogP contribution is 2.39. The highest BCUT2D eigenvalue weighted by Gasteiger charge is 2.37.